The summed E-state index contributed by atoms with van der Waals surface area (Å²) in [6.45, 7) is 1.98. The first kappa shape index (κ1) is 21.9. The molecule has 0 aromatic heterocycles. The fourth-order valence-electron chi connectivity index (χ4n) is 6.59. The minimum atomic E-state index is -0.748. The number of likely N-dealkylation sites (tertiary alicyclic amines) is 1. The van der Waals surface area contributed by atoms with Crippen molar-refractivity contribution in [3.63, 3.8) is 0 Å². The molecule has 7 rings (SSSR count). The van der Waals surface area contributed by atoms with Gasteiger partial charge in [0.2, 0.25) is 17.7 Å². The van der Waals surface area contributed by atoms with Crippen molar-refractivity contribution in [3.8, 4) is 0 Å². The number of amides is 3. The first-order valence-electron chi connectivity index (χ1n) is 12.0. The molecule has 3 amide bonds. The van der Waals surface area contributed by atoms with Gasteiger partial charge in [0, 0.05) is 24.9 Å². The Morgan fingerprint density at radius 3 is 1.82 bits per heavy atom. The van der Waals surface area contributed by atoms with Crippen molar-refractivity contribution in [1.82, 2.24) is 9.80 Å². The zero-order chi connectivity index (χ0) is 23.4. The van der Waals surface area contributed by atoms with Crippen molar-refractivity contribution in [3.05, 3.63) is 70.8 Å². The molecule has 7 heteroatoms. The molecular formula is C27H28N2O4S. The van der Waals surface area contributed by atoms with Gasteiger partial charge in [-0.15, -0.1) is 0 Å². The first-order valence-corrected chi connectivity index (χ1v) is 13.4. The highest BCUT2D eigenvalue weighted by atomic mass is 32.2. The van der Waals surface area contributed by atoms with E-state index in [0.717, 1.165) is 22.3 Å². The van der Waals surface area contributed by atoms with Crippen molar-refractivity contribution < 1.29 is 19.1 Å². The summed E-state index contributed by atoms with van der Waals surface area (Å²) in [5.74, 6) is -0.968. The maximum Gasteiger partial charge on any atom is 0.246 e. The molecular weight excluding hydrogens is 448 g/mol. The molecule has 3 aliphatic carbocycles. The van der Waals surface area contributed by atoms with Crippen LogP contribution >= 0.6 is 11.8 Å². The molecule has 0 radical (unpaired) electrons. The average Bonchev–Trinajstić information content (AvgIpc) is 3.15. The minimum absolute atomic E-state index is 0.125. The van der Waals surface area contributed by atoms with Crippen LogP contribution in [0.1, 0.15) is 40.5 Å². The van der Waals surface area contributed by atoms with E-state index < -0.39 is 17.9 Å². The molecule has 2 saturated heterocycles. The van der Waals surface area contributed by atoms with Crippen molar-refractivity contribution in [2.45, 2.75) is 24.3 Å². The molecule has 6 nitrogen and oxygen atoms in total. The van der Waals surface area contributed by atoms with E-state index in [9.17, 15) is 14.4 Å². The summed E-state index contributed by atoms with van der Waals surface area (Å²) in [6.07, 6.45) is 2.46. The standard InChI is InChI=1S/C27H28N2O4S/c1-34-15-10-20(25(30)28-11-13-33-14-12-28)29-26(31)23-21-16-6-2-3-7-17(16)22(24(23)27(29)32)19-9-5-4-8-18(19)21/h2-9,20-24H,10-15H2,1H3/t20-,21?,22?,23+,24+/m1/s1. The van der Waals surface area contributed by atoms with Gasteiger partial charge in [-0.1, -0.05) is 48.5 Å². The minimum Gasteiger partial charge on any atom is -0.378 e. The van der Waals surface area contributed by atoms with Gasteiger partial charge >= 0.3 is 0 Å². The predicted octanol–water partition coefficient (Wildman–Crippen LogP) is 2.86. The Kier molecular flexibility index (Phi) is 5.49. The Morgan fingerprint density at radius 2 is 1.38 bits per heavy atom. The number of hydrogen-bond donors (Lipinski definition) is 0. The lowest BCUT2D eigenvalue weighted by Gasteiger charge is -2.45. The molecule has 176 valence electrons. The number of benzene rings is 2. The Labute approximate surface area is 203 Å². The third-order valence-electron chi connectivity index (χ3n) is 8.00. The Morgan fingerprint density at radius 1 is 0.912 bits per heavy atom. The van der Waals surface area contributed by atoms with E-state index >= 15 is 0 Å². The molecule has 0 N–H and O–H groups in total. The predicted molar refractivity (Wildman–Crippen MR) is 130 cm³/mol. The summed E-state index contributed by atoms with van der Waals surface area (Å²) in [7, 11) is 0. The summed E-state index contributed by atoms with van der Waals surface area (Å²) in [6, 6.07) is 15.7. The molecule has 5 aliphatic rings. The highest BCUT2D eigenvalue weighted by molar-refractivity contribution is 7.98. The van der Waals surface area contributed by atoms with Gasteiger partial charge in [0.15, 0.2) is 0 Å². The lowest BCUT2D eigenvalue weighted by atomic mass is 9.55. The van der Waals surface area contributed by atoms with Gasteiger partial charge in [0.05, 0.1) is 25.0 Å². The van der Waals surface area contributed by atoms with E-state index in [-0.39, 0.29) is 29.6 Å². The van der Waals surface area contributed by atoms with Gasteiger partial charge in [0.25, 0.3) is 0 Å². The fourth-order valence-corrected chi connectivity index (χ4v) is 7.05. The molecule has 34 heavy (non-hydrogen) atoms. The molecule has 0 saturated carbocycles. The topological polar surface area (TPSA) is 66.9 Å². The fraction of sp³-hybridized carbons (Fsp3) is 0.444. The Balaban J connectivity index is 1.42. The van der Waals surface area contributed by atoms with Gasteiger partial charge in [-0.25, -0.2) is 0 Å². The van der Waals surface area contributed by atoms with Crippen molar-refractivity contribution >= 4 is 29.5 Å². The van der Waals surface area contributed by atoms with Crippen LogP contribution in [0.2, 0.25) is 0 Å². The Hall–Kier alpha value is -2.64. The quantitative estimate of drug-likeness (QED) is 0.621. The molecule has 0 unspecified atom stereocenters. The molecule has 2 heterocycles. The highest BCUT2D eigenvalue weighted by Gasteiger charge is 2.63. The van der Waals surface area contributed by atoms with Crippen LogP contribution in [0.25, 0.3) is 0 Å². The van der Waals surface area contributed by atoms with Crippen LogP contribution in [0.3, 0.4) is 0 Å². The number of rotatable bonds is 5. The number of thioether (sulfide) groups is 1. The number of carbonyl (C=O) groups is 3. The van der Waals surface area contributed by atoms with Crippen LogP contribution in [0.15, 0.2) is 48.5 Å². The average molecular weight is 477 g/mol. The highest BCUT2D eigenvalue weighted by Crippen LogP contribution is 2.61. The monoisotopic (exact) mass is 476 g/mol. The van der Waals surface area contributed by atoms with E-state index in [1.54, 1.807) is 16.7 Å². The van der Waals surface area contributed by atoms with Crippen LogP contribution in [0, 0.1) is 11.8 Å². The number of hydrogen-bond acceptors (Lipinski definition) is 5. The number of imide groups is 1. The number of ether oxygens (including phenoxy) is 1. The van der Waals surface area contributed by atoms with Crippen LogP contribution < -0.4 is 0 Å². The van der Waals surface area contributed by atoms with E-state index in [0.29, 0.717) is 38.5 Å². The van der Waals surface area contributed by atoms with Gasteiger partial charge in [0.1, 0.15) is 6.04 Å². The van der Waals surface area contributed by atoms with E-state index in [4.69, 9.17) is 4.74 Å². The molecule has 2 aromatic rings. The maximum atomic E-state index is 14.1. The first-order chi connectivity index (χ1) is 16.6. The second kappa shape index (κ2) is 8.54. The molecule has 2 bridgehead atoms. The molecule has 2 aliphatic heterocycles. The third kappa shape index (κ3) is 3.09. The van der Waals surface area contributed by atoms with E-state index in [1.807, 2.05) is 30.5 Å². The summed E-state index contributed by atoms with van der Waals surface area (Å²) in [5, 5.41) is 0. The zero-order valence-electron chi connectivity index (χ0n) is 19.2. The largest absolute Gasteiger partial charge is 0.378 e. The molecule has 2 fully saturated rings. The molecule has 3 atom stereocenters. The summed E-state index contributed by atoms with van der Waals surface area (Å²) >= 11 is 1.63. The SMILES string of the molecule is CSCC[C@H](C(=O)N1CCOCC1)N1C(=O)[C@H]2C3c4ccccc4C(c4ccccc43)[C@@H]2C1=O. The van der Waals surface area contributed by atoms with Gasteiger partial charge < -0.3 is 9.64 Å². The van der Waals surface area contributed by atoms with Crippen LogP contribution in [-0.4, -0.2) is 71.9 Å². The lowest BCUT2D eigenvalue weighted by molar-refractivity contribution is -0.153. The van der Waals surface area contributed by atoms with Crippen molar-refractivity contribution in [1.29, 1.82) is 0 Å². The summed E-state index contributed by atoms with van der Waals surface area (Å²) in [4.78, 5) is 44.8. The van der Waals surface area contributed by atoms with Crippen LogP contribution in [0.5, 0.6) is 0 Å². The van der Waals surface area contributed by atoms with Gasteiger partial charge in [-0.05, 0) is 40.7 Å². The smallest absolute Gasteiger partial charge is 0.246 e. The van der Waals surface area contributed by atoms with Crippen LogP contribution in [0.4, 0.5) is 0 Å². The van der Waals surface area contributed by atoms with Gasteiger partial charge in [-0.2, -0.15) is 11.8 Å². The third-order valence-corrected chi connectivity index (χ3v) is 8.64. The Bertz CT molecular complexity index is 1050. The summed E-state index contributed by atoms with van der Waals surface area (Å²) in [5.41, 5.74) is 4.59. The second-order valence-electron chi connectivity index (χ2n) is 9.55. The summed E-state index contributed by atoms with van der Waals surface area (Å²) < 4.78 is 5.42. The lowest BCUT2D eigenvalue weighted by Crippen LogP contribution is -2.54. The second-order valence-corrected chi connectivity index (χ2v) is 10.5. The molecule has 2 aromatic carbocycles. The number of carbonyl (C=O) groups excluding carboxylic acids is 3. The maximum absolute atomic E-state index is 14.1. The number of nitrogens with zero attached hydrogens (tertiary/aromatic N) is 2. The van der Waals surface area contributed by atoms with Crippen molar-refractivity contribution in [2.24, 2.45) is 11.8 Å². The van der Waals surface area contributed by atoms with E-state index in [2.05, 4.69) is 24.3 Å². The van der Waals surface area contributed by atoms with Crippen molar-refractivity contribution in [2.75, 3.05) is 38.3 Å². The number of morpholine rings is 1. The van der Waals surface area contributed by atoms with E-state index in [1.165, 1.54) is 4.90 Å². The van der Waals surface area contributed by atoms with Gasteiger partial charge in [-0.3, -0.25) is 19.3 Å². The zero-order valence-corrected chi connectivity index (χ0v) is 20.0. The normalized spacial score (nSPS) is 27.9. The van der Waals surface area contributed by atoms with Crippen LogP contribution in [-0.2, 0) is 19.1 Å². The molecule has 0 spiro atoms.